The quantitative estimate of drug-likeness (QED) is 0.855. The minimum Gasteiger partial charge on any atom is -0.383 e. The zero-order chi connectivity index (χ0) is 16.9. The lowest BCUT2D eigenvalue weighted by Crippen LogP contribution is -2.40. The highest BCUT2D eigenvalue weighted by Crippen LogP contribution is 2.23. The Bertz CT molecular complexity index is 723. The molecule has 8 nitrogen and oxygen atoms in total. The van der Waals surface area contributed by atoms with E-state index < -0.39 is 0 Å². The predicted octanol–water partition coefficient (Wildman–Crippen LogP) is 1.86. The summed E-state index contributed by atoms with van der Waals surface area (Å²) in [6.45, 7) is 2.24. The van der Waals surface area contributed by atoms with Crippen LogP contribution in [0.5, 0.6) is 0 Å². The average Bonchev–Trinajstić information content (AvgIpc) is 3.21. The molecule has 1 fully saturated rings. The fraction of sp³-hybridized carbons (Fsp3) is 0.375. The van der Waals surface area contributed by atoms with Gasteiger partial charge in [0.15, 0.2) is 5.69 Å². The van der Waals surface area contributed by atoms with Gasteiger partial charge in [0.25, 0.3) is 5.91 Å². The molecule has 1 aliphatic carbocycles. The largest absolute Gasteiger partial charge is 0.383 e. The number of hydrogen-bond donors (Lipinski definition) is 1. The molecule has 3 rings (SSSR count). The molecule has 1 saturated heterocycles. The van der Waals surface area contributed by atoms with Crippen LogP contribution in [0.25, 0.3) is 0 Å². The van der Waals surface area contributed by atoms with Crippen molar-refractivity contribution >= 4 is 11.7 Å². The molecule has 0 atom stereocenters. The maximum atomic E-state index is 12.5. The van der Waals surface area contributed by atoms with Crippen molar-refractivity contribution in [3.05, 3.63) is 47.7 Å². The summed E-state index contributed by atoms with van der Waals surface area (Å²) < 4.78 is 5.27. The van der Waals surface area contributed by atoms with Crippen LogP contribution in [0.15, 0.2) is 52.3 Å². The maximum absolute atomic E-state index is 12.5. The number of morpholine rings is 1. The maximum Gasteiger partial charge on any atom is 0.274 e. The number of nitrogens with zero attached hydrogens (tertiary/aromatic N) is 5. The lowest BCUT2D eigenvalue weighted by Gasteiger charge is -2.26. The van der Waals surface area contributed by atoms with Gasteiger partial charge in [-0.05, 0) is 6.08 Å². The van der Waals surface area contributed by atoms with Crippen LogP contribution in [-0.4, -0.2) is 66.1 Å². The molecule has 2 aliphatic rings. The van der Waals surface area contributed by atoms with Crippen LogP contribution in [-0.2, 0) is 4.74 Å². The standard InChI is InChI=1S/C16H20N6O2/c1-21(2)10-12-4-3-5-13(12)19-20-15-14(17-11-18-15)16(23)22-6-8-24-9-7-22/h3-5,10-11H,6-9H2,1-2H3,(H,17,18). The number of rotatable bonds is 4. The van der Waals surface area contributed by atoms with Crippen molar-refractivity contribution in [3.8, 4) is 0 Å². The Kier molecular flexibility index (Phi) is 4.85. The average molecular weight is 328 g/mol. The highest BCUT2D eigenvalue weighted by Gasteiger charge is 2.23. The van der Waals surface area contributed by atoms with Crippen LogP contribution in [0.2, 0.25) is 0 Å². The fourth-order valence-electron chi connectivity index (χ4n) is 2.45. The Morgan fingerprint density at radius 1 is 1.38 bits per heavy atom. The first-order valence-corrected chi connectivity index (χ1v) is 7.74. The number of nitrogens with one attached hydrogen (secondary N) is 1. The van der Waals surface area contributed by atoms with Crippen LogP contribution >= 0.6 is 0 Å². The van der Waals surface area contributed by atoms with E-state index in [1.165, 1.54) is 6.33 Å². The first-order chi connectivity index (χ1) is 11.6. The van der Waals surface area contributed by atoms with E-state index in [1.54, 1.807) is 4.90 Å². The minimum atomic E-state index is -0.132. The van der Waals surface area contributed by atoms with Gasteiger partial charge in [0.05, 0.1) is 25.2 Å². The van der Waals surface area contributed by atoms with Crippen LogP contribution in [0.1, 0.15) is 10.5 Å². The Morgan fingerprint density at radius 2 is 2.17 bits per heavy atom. The van der Waals surface area contributed by atoms with Crippen molar-refractivity contribution in [2.75, 3.05) is 40.4 Å². The number of imidazole rings is 1. The molecule has 8 heteroatoms. The SMILES string of the molecule is CN(C)C=C1C=CC=C1N=Nc1nc[nH]c1C(=O)N1CCOCC1. The van der Waals surface area contributed by atoms with Gasteiger partial charge in [-0.25, -0.2) is 4.98 Å². The van der Waals surface area contributed by atoms with Crippen LogP contribution in [0.3, 0.4) is 0 Å². The Morgan fingerprint density at radius 3 is 2.92 bits per heavy atom. The van der Waals surface area contributed by atoms with Crippen molar-refractivity contribution in [2.24, 2.45) is 10.2 Å². The summed E-state index contributed by atoms with van der Waals surface area (Å²) >= 11 is 0. The van der Waals surface area contributed by atoms with Crippen molar-refractivity contribution < 1.29 is 9.53 Å². The number of allylic oxidation sites excluding steroid dienone is 3. The van der Waals surface area contributed by atoms with E-state index >= 15 is 0 Å². The molecule has 0 saturated carbocycles. The van der Waals surface area contributed by atoms with Gasteiger partial charge < -0.3 is 19.5 Å². The molecule has 1 N–H and O–H groups in total. The molecule has 24 heavy (non-hydrogen) atoms. The molecule has 1 aromatic heterocycles. The Labute approximate surface area is 140 Å². The monoisotopic (exact) mass is 328 g/mol. The molecule has 1 aliphatic heterocycles. The minimum absolute atomic E-state index is 0.132. The van der Waals surface area contributed by atoms with Gasteiger partial charge in [0.1, 0.15) is 0 Å². The first-order valence-electron chi connectivity index (χ1n) is 7.74. The van der Waals surface area contributed by atoms with Gasteiger partial charge in [0.2, 0.25) is 5.82 Å². The summed E-state index contributed by atoms with van der Waals surface area (Å²) in [4.78, 5) is 23.2. The van der Waals surface area contributed by atoms with E-state index in [0.717, 1.165) is 11.3 Å². The highest BCUT2D eigenvalue weighted by molar-refractivity contribution is 5.96. The topological polar surface area (TPSA) is 86.2 Å². The summed E-state index contributed by atoms with van der Waals surface area (Å²) in [6, 6.07) is 0. The van der Waals surface area contributed by atoms with Crippen molar-refractivity contribution in [1.29, 1.82) is 0 Å². The third-order valence-electron chi connectivity index (χ3n) is 3.61. The van der Waals surface area contributed by atoms with E-state index in [-0.39, 0.29) is 5.91 Å². The summed E-state index contributed by atoms with van der Waals surface area (Å²) in [5.74, 6) is 0.163. The van der Waals surface area contributed by atoms with E-state index in [2.05, 4.69) is 20.2 Å². The van der Waals surface area contributed by atoms with Crippen molar-refractivity contribution in [3.63, 3.8) is 0 Å². The molecule has 1 amide bonds. The van der Waals surface area contributed by atoms with Gasteiger partial charge in [-0.3, -0.25) is 4.79 Å². The zero-order valence-corrected chi connectivity index (χ0v) is 13.8. The van der Waals surface area contributed by atoms with Crippen molar-refractivity contribution in [1.82, 2.24) is 19.8 Å². The number of aromatic nitrogens is 2. The molecular weight excluding hydrogens is 308 g/mol. The van der Waals surface area contributed by atoms with Gasteiger partial charge >= 0.3 is 0 Å². The molecule has 126 valence electrons. The fourth-order valence-corrected chi connectivity index (χ4v) is 2.45. The lowest BCUT2D eigenvalue weighted by molar-refractivity contribution is 0.0300. The number of aromatic amines is 1. The smallest absolute Gasteiger partial charge is 0.274 e. The number of carbonyl (C=O) groups excluding carboxylic acids is 1. The molecular formula is C16H20N6O2. The first kappa shape index (κ1) is 16.1. The number of amides is 1. The highest BCUT2D eigenvalue weighted by atomic mass is 16.5. The lowest BCUT2D eigenvalue weighted by atomic mass is 10.2. The number of azo groups is 1. The molecule has 0 unspecified atom stereocenters. The van der Waals surface area contributed by atoms with E-state index in [0.29, 0.717) is 37.8 Å². The van der Waals surface area contributed by atoms with Gasteiger partial charge in [-0.1, -0.05) is 12.2 Å². The molecule has 0 bridgehead atoms. The van der Waals surface area contributed by atoms with Gasteiger partial charge in [-0.15, -0.1) is 10.2 Å². The Balaban J connectivity index is 1.75. The van der Waals surface area contributed by atoms with E-state index in [4.69, 9.17) is 4.74 Å². The number of hydrogen-bond acceptors (Lipinski definition) is 6. The summed E-state index contributed by atoms with van der Waals surface area (Å²) in [5.41, 5.74) is 2.04. The molecule has 0 aromatic carbocycles. The second-order valence-electron chi connectivity index (χ2n) is 5.66. The number of H-pyrrole nitrogens is 1. The van der Waals surface area contributed by atoms with Crippen LogP contribution in [0, 0.1) is 0 Å². The number of carbonyl (C=O) groups is 1. The Hall–Kier alpha value is -2.74. The van der Waals surface area contributed by atoms with Crippen LogP contribution in [0.4, 0.5) is 5.82 Å². The molecule has 1 aromatic rings. The zero-order valence-electron chi connectivity index (χ0n) is 13.8. The van der Waals surface area contributed by atoms with Crippen LogP contribution < -0.4 is 0 Å². The summed E-state index contributed by atoms with van der Waals surface area (Å²) in [7, 11) is 3.89. The third-order valence-corrected chi connectivity index (χ3v) is 3.61. The molecule has 2 heterocycles. The second-order valence-corrected chi connectivity index (χ2v) is 5.66. The van der Waals surface area contributed by atoms with Crippen molar-refractivity contribution in [2.45, 2.75) is 0 Å². The summed E-state index contributed by atoms with van der Waals surface area (Å²) in [6.07, 6.45) is 9.15. The second kappa shape index (κ2) is 7.22. The number of ether oxygens (including phenoxy) is 1. The molecule has 0 spiro atoms. The van der Waals surface area contributed by atoms with Gasteiger partial charge in [-0.2, -0.15) is 0 Å². The predicted molar refractivity (Wildman–Crippen MR) is 88.8 cm³/mol. The van der Waals surface area contributed by atoms with Gasteiger partial charge in [0, 0.05) is 39.0 Å². The normalized spacial score (nSPS) is 19.3. The molecule has 0 radical (unpaired) electrons. The van der Waals surface area contributed by atoms with E-state index in [9.17, 15) is 4.79 Å². The van der Waals surface area contributed by atoms with E-state index in [1.807, 2.05) is 43.4 Å². The third kappa shape index (κ3) is 3.60. The summed E-state index contributed by atoms with van der Waals surface area (Å²) in [5, 5.41) is 8.40.